The Hall–Kier alpha value is -1.81. The van der Waals surface area contributed by atoms with Gasteiger partial charge in [-0.05, 0) is 44.4 Å². The Balaban J connectivity index is 2.09. The van der Waals surface area contributed by atoms with Gasteiger partial charge in [0.2, 0.25) is 0 Å². The van der Waals surface area contributed by atoms with Crippen molar-refractivity contribution in [2.45, 2.75) is 38.1 Å². The van der Waals surface area contributed by atoms with E-state index in [1.165, 1.54) is 5.56 Å². The number of nitrogens with one attached hydrogen (secondary N) is 1. The number of aromatic nitrogens is 2. The summed E-state index contributed by atoms with van der Waals surface area (Å²) >= 11 is 0. The molecule has 0 spiro atoms. The van der Waals surface area contributed by atoms with Gasteiger partial charge in [-0.1, -0.05) is 12.1 Å². The molecule has 4 heteroatoms. The van der Waals surface area contributed by atoms with Crippen molar-refractivity contribution in [2.24, 2.45) is 5.73 Å². The zero-order chi connectivity index (χ0) is 13.6. The highest BCUT2D eigenvalue weighted by Crippen LogP contribution is 2.50. The van der Waals surface area contributed by atoms with Crippen LogP contribution in [0.4, 0.5) is 0 Å². The Morgan fingerprint density at radius 1 is 1.42 bits per heavy atom. The number of benzene rings is 1. The van der Waals surface area contributed by atoms with Crippen LogP contribution in [0.5, 0.6) is 0 Å². The van der Waals surface area contributed by atoms with Gasteiger partial charge < -0.3 is 10.7 Å². The SMILES string of the molecule is Cc1c[nH]c(=O)n1-c1cccc(C2(C(C)N)CC2)c1. The van der Waals surface area contributed by atoms with E-state index < -0.39 is 0 Å². The molecule has 0 bridgehead atoms. The number of rotatable bonds is 3. The van der Waals surface area contributed by atoms with E-state index >= 15 is 0 Å². The summed E-state index contributed by atoms with van der Waals surface area (Å²) in [7, 11) is 0. The summed E-state index contributed by atoms with van der Waals surface area (Å²) in [6.07, 6.45) is 4.00. The largest absolute Gasteiger partial charge is 0.330 e. The third-order valence-corrected chi connectivity index (χ3v) is 4.30. The van der Waals surface area contributed by atoms with E-state index in [0.29, 0.717) is 0 Å². The summed E-state index contributed by atoms with van der Waals surface area (Å²) in [5, 5.41) is 0. The minimum atomic E-state index is -0.0970. The highest BCUT2D eigenvalue weighted by Gasteiger charge is 2.47. The van der Waals surface area contributed by atoms with Crippen molar-refractivity contribution >= 4 is 0 Å². The van der Waals surface area contributed by atoms with Gasteiger partial charge >= 0.3 is 5.69 Å². The number of imidazole rings is 1. The van der Waals surface area contributed by atoms with Crippen molar-refractivity contribution in [1.82, 2.24) is 9.55 Å². The van der Waals surface area contributed by atoms with Crippen molar-refractivity contribution in [2.75, 3.05) is 0 Å². The summed E-state index contributed by atoms with van der Waals surface area (Å²) < 4.78 is 1.70. The van der Waals surface area contributed by atoms with Crippen LogP contribution in [0.2, 0.25) is 0 Å². The third kappa shape index (κ3) is 1.83. The number of H-pyrrole nitrogens is 1. The van der Waals surface area contributed by atoms with Crippen LogP contribution in [0.25, 0.3) is 5.69 Å². The summed E-state index contributed by atoms with van der Waals surface area (Å²) in [4.78, 5) is 14.5. The molecule has 19 heavy (non-hydrogen) atoms. The second kappa shape index (κ2) is 4.10. The van der Waals surface area contributed by atoms with Crippen molar-refractivity contribution in [3.8, 4) is 5.69 Å². The Labute approximate surface area is 112 Å². The van der Waals surface area contributed by atoms with Gasteiger partial charge in [0.15, 0.2) is 0 Å². The highest BCUT2D eigenvalue weighted by molar-refractivity contribution is 5.43. The molecule has 3 N–H and O–H groups in total. The fraction of sp³-hybridized carbons (Fsp3) is 0.400. The van der Waals surface area contributed by atoms with Crippen molar-refractivity contribution < 1.29 is 0 Å². The van der Waals surface area contributed by atoms with Crippen molar-refractivity contribution in [3.05, 3.63) is 52.2 Å². The van der Waals surface area contributed by atoms with Crippen LogP contribution in [0.3, 0.4) is 0 Å². The lowest BCUT2D eigenvalue weighted by molar-refractivity contribution is 0.556. The van der Waals surface area contributed by atoms with Crippen LogP contribution in [0.15, 0.2) is 35.3 Å². The molecule has 1 atom stereocenters. The first-order valence-corrected chi connectivity index (χ1v) is 6.68. The maximum atomic E-state index is 11.8. The molecule has 3 rings (SSSR count). The Morgan fingerprint density at radius 2 is 2.16 bits per heavy atom. The number of aryl methyl sites for hydroxylation is 1. The molecule has 100 valence electrons. The zero-order valence-corrected chi connectivity index (χ0v) is 11.3. The van der Waals surface area contributed by atoms with Gasteiger partial charge in [-0.25, -0.2) is 4.79 Å². The van der Waals surface area contributed by atoms with Gasteiger partial charge in [-0.3, -0.25) is 4.57 Å². The smallest absolute Gasteiger partial charge is 0.327 e. The van der Waals surface area contributed by atoms with Crippen LogP contribution in [0.1, 0.15) is 31.0 Å². The molecule has 0 saturated heterocycles. The molecule has 1 saturated carbocycles. The summed E-state index contributed by atoms with van der Waals surface area (Å²) in [6, 6.07) is 8.33. The van der Waals surface area contributed by atoms with E-state index in [9.17, 15) is 4.79 Å². The summed E-state index contributed by atoms with van der Waals surface area (Å²) in [5.74, 6) is 0. The lowest BCUT2D eigenvalue weighted by atomic mass is 9.89. The zero-order valence-electron chi connectivity index (χ0n) is 11.3. The number of hydrogen-bond donors (Lipinski definition) is 2. The summed E-state index contributed by atoms with van der Waals surface area (Å²) in [5.41, 5.74) is 9.20. The van der Waals surface area contributed by atoms with Gasteiger partial charge in [0.1, 0.15) is 0 Å². The quantitative estimate of drug-likeness (QED) is 0.881. The van der Waals surface area contributed by atoms with Gasteiger partial charge in [-0.2, -0.15) is 0 Å². The normalized spacial score (nSPS) is 18.3. The second-order valence-electron chi connectivity index (χ2n) is 5.57. The molecule has 1 aromatic carbocycles. The van der Waals surface area contributed by atoms with Crippen molar-refractivity contribution in [3.63, 3.8) is 0 Å². The monoisotopic (exact) mass is 257 g/mol. The molecule has 1 unspecified atom stereocenters. The average Bonchev–Trinajstić information content (AvgIpc) is 3.13. The topological polar surface area (TPSA) is 63.8 Å². The average molecular weight is 257 g/mol. The number of nitrogens with two attached hydrogens (primary N) is 1. The molecule has 0 radical (unpaired) electrons. The van der Waals surface area contributed by atoms with Crippen LogP contribution in [-0.2, 0) is 5.41 Å². The molecule has 1 aromatic heterocycles. The Morgan fingerprint density at radius 3 is 2.68 bits per heavy atom. The fourth-order valence-electron chi connectivity index (χ4n) is 2.87. The Kier molecular flexibility index (Phi) is 2.64. The van der Waals surface area contributed by atoms with Crippen molar-refractivity contribution in [1.29, 1.82) is 0 Å². The number of aromatic amines is 1. The lowest BCUT2D eigenvalue weighted by Gasteiger charge is -2.21. The first-order valence-electron chi connectivity index (χ1n) is 6.68. The molecule has 1 fully saturated rings. The van der Waals surface area contributed by atoms with Crippen LogP contribution in [-0.4, -0.2) is 15.6 Å². The minimum absolute atomic E-state index is 0.0970. The van der Waals surface area contributed by atoms with E-state index in [0.717, 1.165) is 24.2 Å². The molecule has 0 aliphatic heterocycles. The predicted molar refractivity (Wildman–Crippen MR) is 75.7 cm³/mol. The summed E-state index contributed by atoms with van der Waals surface area (Å²) in [6.45, 7) is 3.98. The van der Waals surface area contributed by atoms with Gasteiger partial charge in [-0.15, -0.1) is 0 Å². The molecule has 4 nitrogen and oxygen atoms in total. The second-order valence-corrected chi connectivity index (χ2v) is 5.57. The predicted octanol–water partition coefficient (Wildman–Crippen LogP) is 1.85. The van der Waals surface area contributed by atoms with E-state index in [2.05, 4.69) is 24.0 Å². The molecule has 1 aliphatic carbocycles. The standard InChI is InChI=1S/C15H19N3O/c1-10-9-17-14(19)18(10)13-5-3-4-12(8-13)15(6-7-15)11(2)16/h3-5,8-9,11H,6-7,16H2,1-2H3,(H,17,19). The molecular weight excluding hydrogens is 238 g/mol. The molecule has 0 amide bonds. The first kappa shape index (κ1) is 12.2. The van der Waals surface area contributed by atoms with E-state index in [-0.39, 0.29) is 17.1 Å². The van der Waals surface area contributed by atoms with Gasteiger partial charge in [0.25, 0.3) is 0 Å². The molecule has 1 aliphatic rings. The fourth-order valence-corrected chi connectivity index (χ4v) is 2.87. The van der Waals surface area contributed by atoms with E-state index in [1.54, 1.807) is 10.8 Å². The molecule has 1 heterocycles. The van der Waals surface area contributed by atoms with Crippen LogP contribution in [0, 0.1) is 6.92 Å². The molecule has 2 aromatic rings. The van der Waals surface area contributed by atoms with Crippen LogP contribution >= 0.6 is 0 Å². The van der Waals surface area contributed by atoms with E-state index in [4.69, 9.17) is 5.73 Å². The minimum Gasteiger partial charge on any atom is -0.327 e. The van der Waals surface area contributed by atoms with Gasteiger partial charge in [0.05, 0.1) is 5.69 Å². The Bertz CT molecular complexity index is 662. The van der Waals surface area contributed by atoms with Gasteiger partial charge in [0, 0.05) is 23.3 Å². The number of nitrogens with zero attached hydrogens (tertiary/aromatic N) is 1. The lowest BCUT2D eigenvalue weighted by Crippen LogP contribution is -2.31. The maximum Gasteiger partial charge on any atom is 0.330 e. The number of hydrogen-bond acceptors (Lipinski definition) is 2. The maximum absolute atomic E-state index is 11.8. The van der Waals surface area contributed by atoms with E-state index in [1.807, 2.05) is 19.1 Å². The first-order chi connectivity index (χ1) is 9.04. The van der Waals surface area contributed by atoms with Crippen LogP contribution < -0.4 is 11.4 Å². The molecular formula is C15H19N3O. The third-order valence-electron chi connectivity index (χ3n) is 4.30. The highest BCUT2D eigenvalue weighted by atomic mass is 16.1.